The number of hydrogen-bond acceptors (Lipinski definition) is 5. The van der Waals surface area contributed by atoms with Crippen LogP contribution >= 0.6 is 0 Å². The first-order valence-electron chi connectivity index (χ1n) is 6.56. The van der Waals surface area contributed by atoms with E-state index in [4.69, 9.17) is 4.65 Å². The van der Waals surface area contributed by atoms with E-state index in [-0.39, 0.29) is 11.0 Å². The van der Waals surface area contributed by atoms with E-state index in [1.807, 2.05) is 0 Å². The lowest BCUT2D eigenvalue weighted by atomic mass is 9.74. The molecule has 5 nitrogen and oxygen atoms in total. The highest BCUT2D eigenvalue weighted by Gasteiger charge is 2.40. The van der Waals surface area contributed by atoms with E-state index >= 15 is 0 Å². The minimum absolute atomic E-state index is 0.289. The van der Waals surface area contributed by atoms with Crippen molar-refractivity contribution in [3.05, 3.63) is 29.3 Å². The van der Waals surface area contributed by atoms with Gasteiger partial charge in [0, 0.05) is 0 Å². The Labute approximate surface area is 128 Å². The third-order valence-corrected chi connectivity index (χ3v) is 3.64. The Morgan fingerprint density at radius 2 is 1.68 bits per heavy atom. The highest BCUT2D eigenvalue weighted by atomic mass is 19.2. The number of hydrogen-bond donors (Lipinski definition) is 2. The van der Waals surface area contributed by atoms with Gasteiger partial charge < -0.3 is 19.5 Å². The summed E-state index contributed by atoms with van der Waals surface area (Å²) in [5, 5.41) is 20.1. The van der Waals surface area contributed by atoms with Gasteiger partial charge in [-0.2, -0.15) is 0 Å². The quantitative estimate of drug-likeness (QED) is 0.626. The van der Waals surface area contributed by atoms with Crippen LogP contribution in [0.3, 0.4) is 0 Å². The topological polar surface area (TPSA) is 76.0 Å². The average Bonchev–Trinajstić information content (AvgIpc) is 2.38. The molecule has 0 spiro atoms. The molecule has 0 bridgehead atoms. The zero-order valence-corrected chi connectivity index (χ0v) is 13.1. The van der Waals surface area contributed by atoms with Crippen molar-refractivity contribution in [1.82, 2.24) is 0 Å². The minimum atomic E-state index is -1.76. The molecule has 0 aliphatic rings. The van der Waals surface area contributed by atoms with Crippen LogP contribution in [0.2, 0.25) is 0 Å². The molecule has 1 aromatic carbocycles. The molecule has 122 valence electrons. The summed E-state index contributed by atoms with van der Waals surface area (Å²) in [4.78, 5) is 11.6. The van der Waals surface area contributed by atoms with E-state index in [2.05, 4.69) is 4.74 Å². The van der Waals surface area contributed by atoms with Gasteiger partial charge in [0.15, 0.2) is 11.6 Å². The van der Waals surface area contributed by atoms with E-state index in [1.54, 1.807) is 0 Å². The van der Waals surface area contributed by atoms with E-state index in [0.717, 1.165) is 7.11 Å². The fraction of sp³-hybridized carbons (Fsp3) is 0.500. The highest BCUT2D eigenvalue weighted by Crippen LogP contribution is 2.25. The third-order valence-electron chi connectivity index (χ3n) is 3.64. The van der Waals surface area contributed by atoms with Crippen molar-refractivity contribution in [1.29, 1.82) is 0 Å². The second-order valence-corrected chi connectivity index (χ2v) is 5.88. The van der Waals surface area contributed by atoms with Gasteiger partial charge in [-0.05, 0) is 45.3 Å². The van der Waals surface area contributed by atoms with Gasteiger partial charge in [0.2, 0.25) is 0 Å². The van der Waals surface area contributed by atoms with Crippen LogP contribution in [-0.4, -0.2) is 41.5 Å². The first-order valence-corrected chi connectivity index (χ1v) is 6.56. The molecular weight excluding hydrogens is 297 g/mol. The van der Waals surface area contributed by atoms with Crippen molar-refractivity contribution in [3.63, 3.8) is 0 Å². The molecule has 1 rings (SSSR count). The summed E-state index contributed by atoms with van der Waals surface area (Å²) in [7, 11) is -0.688. The van der Waals surface area contributed by atoms with Crippen molar-refractivity contribution >= 4 is 18.6 Å². The Balaban J connectivity index is 3.25. The maximum Gasteiger partial charge on any atom is 0.492 e. The largest absolute Gasteiger partial charge is 0.492 e. The van der Waals surface area contributed by atoms with Crippen LogP contribution in [0, 0.1) is 11.6 Å². The van der Waals surface area contributed by atoms with Crippen molar-refractivity contribution in [3.8, 4) is 0 Å². The van der Waals surface area contributed by atoms with Gasteiger partial charge in [-0.15, -0.1) is 0 Å². The molecule has 0 atom stereocenters. The van der Waals surface area contributed by atoms with E-state index < -0.39 is 35.9 Å². The Kier molecular flexibility index (Phi) is 5.32. The third kappa shape index (κ3) is 3.82. The molecule has 1 aromatic rings. The first-order chi connectivity index (χ1) is 9.90. The Morgan fingerprint density at radius 3 is 2.14 bits per heavy atom. The van der Waals surface area contributed by atoms with Gasteiger partial charge in [-0.3, -0.25) is 0 Å². The number of benzene rings is 1. The number of esters is 1. The molecular formula is C14H19BF2O5. The highest BCUT2D eigenvalue weighted by molar-refractivity contribution is 6.61. The summed E-state index contributed by atoms with van der Waals surface area (Å²) in [5.74, 6) is -3.44. The molecule has 22 heavy (non-hydrogen) atoms. The van der Waals surface area contributed by atoms with Crippen LogP contribution in [0.25, 0.3) is 0 Å². The van der Waals surface area contributed by atoms with Gasteiger partial charge >= 0.3 is 13.1 Å². The molecule has 0 saturated carbocycles. The maximum absolute atomic E-state index is 13.4. The summed E-state index contributed by atoms with van der Waals surface area (Å²) in [6.45, 7) is 5.94. The molecule has 8 heteroatoms. The number of carbonyl (C=O) groups excluding carboxylic acids is 1. The zero-order chi connectivity index (χ0) is 17.3. The summed E-state index contributed by atoms with van der Waals surface area (Å²) in [6, 6.07) is 1.28. The molecule has 0 radical (unpaired) electrons. The fourth-order valence-corrected chi connectivity index (χ4v) is 1.54. The van der Waals surface area contributed by atoms with Gasteiger partial charge in [0.25, 0.3) is 0 Å². The zero-order valence-electron chi connectivity index (χ0n) is 13.1. The second-order valence-electron chi connectivity index (χ2n) is 5.88. The number of carbonyl (C=O) groups is 1. The predicted octanol–water partition coefficient (Wildman–Crippen LogP) is 1.00. The molecule has 0 aromatic heterocycles. The number of ether oxygens (including phenoxy) is 1. The van der Waals surface area contributed by atoms with Crippen molar-refractivity contribution < 1.29 is 33.1 Å². The molecule has 2 N–H and O–H groups in total. The standard InChI is InChI=1S/C14H19BF2O5/c1-13(2,19)14(3,4)22-15(20)9-7-11(17)10(16)6-8(9)12(18)21-5/h6-7,19-20H,1-5H3. The van der Waals surface area contributed by atoms with Crippen LogP contribution in [0.4, 0.5) is 8.78 Å². The van der Waals surface area contributed by atoms with Gasteiger partial charge in [-0.25, -0.2) is 13.6 Å². The molecule has 0 aliphatic heterocycles. The van der Waals surface area contributed by atoms with E-state index in [9.17, 15) is 23.7 Å². The Hall–Kier alpha value is -1.51. The van der Waals surface area contributed by atoms with Crippen LogP contribution in [0.15, 0.2) is 12.1 Å². The fourth-order valence-electron chi connectivity index (χ4n) is 1.54. The van der Waals surface area contributed by atoms with Crippen LogP contribution in [0.5, 0.6) is 0 Å². The molecule has 0 fully saturated rings. The normalized spacial score (nSPS) is 12.2. The lowest BCUT2D eigenvalue weighted by Gasteiger charge is -2.38. The van der Waals surface area contributed by atoms with E-state index in [0.29, 0.717) is 12.1 Å². The minimum Gasteiger partial charge on any atom is -0.465 e. The number of halogens is 2. The van der Waals surface area contributed by atoms with Gasteiger partial charge in [0.1, 0.15) is 0 Å². The van der Waals surface area contributed by atoms with Crippen LogP contribution in [-0.2, 0) is 9.39 Å². The second kappa shape index (κ2) is 6.32. The monoisotopic (exact) mass is 316 g/mol. The molecule has 0 heterocycles. The lowest BCUT2D eigenvalue weighted by Crippen LogP contribution is -2.53. The number of methoxy groups -OCH3 is 1. The summed E-state index contributed by atoms with van der Waals surface area (Å²) in [5.41, 5.74) is -3.22. The Bertz CT molecular complexity index is 569. The van der Waals surface area contributed by atoms with Crippen molar-refractivity contribution in [2.24, 2.45) is 0 Å². The maximum atomic E-state index is 13.4. The smallest absolute Gasteiger partial charge is 0.465 e. The SMILES string of the molecule is COC(=O)c1cc(F)c(F)cc1B(O)OC(C)(C)C(C)(C)O. The summed E-state index contributed by atoms with van der Waals surface area (Å²) in [6.07, 6.45) is 0. The lowest BCUT2D eigenvalue weighted by molar-refractivity contribution is -0.0982. The van der Waals surface area contributed by atoms with Gasteiger partial charge in [-0.1, -0.05) is 0 Å². The predicted molar refractivity (Wildman–Crippen MR) is 76.8 cm³/mol. The van der Waals surface area contributed by atoms with Gasteiger partial charge in [0.05, 0.1) is 23.9 Å². The average molecular weight is 316 g/mol. The summed E-state index contributed by atoms with van der Waals surface area (Å²) < 4.78 is 36.5. The first kappa shape index (κ1) is 18.5. The van der Waals surface area contributed by atoms with Crippen molar-refractivity contribution in [2.75, 3.05) is 7.11 Å². The number of aliphatic hydroxyl groups is 1. The van der Waals surface area contributed by atoms with E-state index in [1.165, 1.54) is 27.7 Å². The summed E-state index contributed by atoms with van der Waals surface area (Å²) >= 11 is 0. The number of rotatable bonds is 5. The Morgan fingerprint density at radius 1 is 1.18 bits per heavy atom. The molecule has 0 unspecified atom stereocenters. The molecule has 0 amide bonds. The molecule has 0 aliphatic carbocycles. The van der Waals surface area contributed by atoms with Crippen LogP contribution in [0.1, 0.15) is 38.1 Å². The van der Waals surface area contributed by atoms with Crippen LogP contribution < -0.4 is 5.46 Å². The van der Waals surface area contributed by atoms with Crippen molar-refractivity contribution in [2.45, 2.75) is 38.9 Å². The molecule has 0 saturated heterocycles.